The lowest BCUT2D eigenvalue weighted by Gasteiger charge is -2.41. The molecule has 0 saturated heterocycles. The van der Waals surface area contributed by atoms with Crippen LogP contribution in [-0.4, -0.2) is 46.5 Å². The van der Waals surface area contributed by atoms with E-state index in [1.165, 1.54) is 92.8 Å². The third kappa shape index (κ3) is 10.9. The number of benzene rings is 14. The van der Waals surface area contributed by atoms with Crippen LogP contribution in [0.15, 0.2) is 398 Å². The summed E-state index contributed by atoms with van der Waals surface area (Å²) in [5.74, 6) is 1.63. The van der Waals surface area contributed by atoms with Crippen LogP contribution in [-0.2, 0) is 0 Å². The number of methoxy groups -OCH3 is 2. The molecule has 8 heteroatoms. The Balaban J connectivity index is 1.22. The molecule has 2 nitrogen and oxygen atoms in total. The number of hydrogen-bond donors (Lipinski definition) is 0. The molecule has 0 amide bonds. The second kappa shape index (κ2) is 27.8. The van der Waals surface area contributed by atoms with Crippen LogP contribution in [0.25, 0.3) is 0 Å². The van der Waals surface area contributed by atoms with Crippen molar-refractivity contribution in [3.8, 4) is 11.5 Å². The zero-order chi connectivity index (χ0) is 63.6. The van der Waals surface area contributed by atoms with Gasteiger partial charge in [0, 0.05) is 9.79 Å². The first-order valence-corrected chi connectivity index (χ1v) is 42.2. The van der Waals surface area contributed by atoms with Gasteiger partial charge in [-0.1, -0.05) is 386 Å². The standard InChI is InChI=1S/C86H70O2S2Si4/c1-87-67-63-81(91(69-39-15-3-16-40-69,70-41-17-4-18-42-70)71-43-19-5-20-44-71)85(82(64-67)92(72-45-21-6-22-46-72,73-47-23-7-24-48-73)74-49-25-8-26-50-74)89-90-86-83(93(75-51-27-9-28-52-75,76-53-29-10-30-54-76)77-55-31-11-32-56-77)65-68(88-2)66-84(86)94(78-57-33-12-34-58-78,79-59-35-13-36-60-79)80-61-37-14-38-62-80/h3-66H,1-2H3. The Bertz CT molecular complexity index is 3770. The molecule has 0 aliphatic heterocycles. The molecule has 14 aromatic rings. The maximum Gasteiger partial charge on any atom is 0.180 e. The van der Waals surface area contributed by atoms with Gasteiger partial charge < -0.3 is 9.47 Å². The number of rotatable bonds is 21. The van der Waals surface area contributed by atoms with E-state index in [1.807, 2.05) is 35.8 Å². The molecular weight excluding hydrogens is 1240 g/mol. The van der Waals surface area contributed by atoms with Crippen LogP contribution < -0.4 is 92.5 Å². The molecular formula is C86H70O2S2Si4. The van der Waals surface area contributed by atoms with Crippen LogP contribution in [0.1, 0.15) is 0 Å². The van der Waals surface area contributed by atoms with Crippen molar-refractivity contribution in [2.75, 3.05) is 14.2 Å². The van der Waals surface area contributed by atoms with Gasteiger partial charge in [-0.05, 0) is 107 Å². The Morgan fingerprint density at radius 3 is 0.404 bits per heavy atom. The van der Waals surface area contributed by atoms with Gasteiger partial charge in [-0.25, -0.2) is 0 Å². The summed E-state index contributed by atoms with van der Waals surface area (Å²) in [6, 6.07) is 147. The van der Waals surface area contributed by atoms with Gasteiger partial charge in [-0.2, -0.15) is 0 Å². The Kier molecular flexibility index (Phi) is 18.3. The lowest BCUT2D eigenvalue weighted by molar-refractivity contribution is 0.415. The predicted molar refractivity (Wildman–Crippen MR) is 412 cm³/mol. The van der Waals surface area contributed by atoms with Crippen LogP contribution >= 0.6 is 21.6 Å². The van der Waals surface area contributed by atoms with Crippen molar-refractivity contribution < 1.29 is 9.47 Å². The molecule has 0 bridgehead atoms. The first-order valence-electron chi connectivity index (χ1n) is 32.0. The fraction of sp³-hybridized carbons (Fsp3) is 0.0233. The highest BCUT2D eigenvalue weighted by Crippen LogP contribution is 2.40. The molecule has 0 atom stereocenters. The van der Waals surface area contributed by atoms with E-state index in [1.54, 1.807) is 0 Å². The Morgan fingerprint density at radius 2 is 0.298 bits per heavy atom. The van der Waals surface area contributed by atoms with Crippen molar-refractivity contribution in [2.24, 2.45) is 0 Å². The molecule has 0 aliphatic carbocycles. The zero-order valence-corrected chi connectivity index (χ0v) is 58.2. The second-order valence-electron chi connectivity index (χ2n) is 23.7. The van der Waals surface area contributed by atoms with Gasteiger partial charge in [0.25, 0.3) is 0 Å². The van der Waals surface area contributed by atoms with Gasteiger partial charge in [0.1, 0.15) is 11.5 Å². The molecule has 14 aromatic carbocycles. The fourth-order valence-corrected chi connectivity index (χ4v) is 40.2. The van der Waals surface area contributed by atoms with Crippen LogP contribution in [0.5, 0.6) is 11.5 Å². The monoisotopic (exact) mass is 1310 g/mol. The van der Waals surface area contributed by atoms with Crippen molar-refractivity contribution in [3.63, 3.8) is 0 Å². The molecule has 0 N–H and O–H groups in total. The molecule has 0 radical (unpaired) electrons. The van der Waals surface area contributed by atoms with Crippen molar-refractivity contribution in [2.45, 2.75) is 9.79 Å². The highest BCUT2D eigenvalue weighted by Gasteiger charge is 2.52. The molecule has 454 valence electrons. The van der Waals surface area contributed by atoms with Crippen molar-refractivity contribution in [1.29, 1.82) is 0 Å². The lowest BCUT2D eigenvalue weighted by atomic mass is 10.3. The van der Waals surface area contributed by atoms with E-state index in [4.69, 9.17) is 9.47 Å². The van der Waals surface area contributed by atoms with Crippen LogP contribution in [0.3, 0.4) is 0 Å². The maximum absolute atomic E-state index is 6.89. The molecule has 0 aromatic heterocycles. The molecule has 14 rings (SSSR count). The molecule has 0 aliphatic rings. The van der Waals surface area contributed by atoms with Gasteiger partial charge in [0.2, 0.25) is 0 Å². The maximum atomic E-state index is 6.89. The average Bonchev–Trinajstić information content (AvgIpc) is 0.709. The fourth-order valence-electron chi connectivity index (χ4n) is 14.9. The van der Waals surface area contributed by atoms with Gasteiger partial charge in [0.05, 0.1) is 14.2 Å². The number of ether oxygens (including phenoxy) is 2. The summed E-state index contributed by atoms with van der Waals surface area (Å²) in [6.07, 6.45) is 0. The minimum absolute atomic E-state index is 0.817. The zero-order valence-electron chi connectivity index (χ0n) is 52.6. The summed E-state index contributed by atoms with van der Waals surface area (Å²) in [7, 11) is -6.27. The van der Waals surface area contributed by atoms with E-state index in [0.717, 1.165) is 11.5 Å². The minimum atomic E-state index is -3.47. The van der Waals surface area contributed by atoms with Gasteiger partial charge >= 0.3 is 0 Å². The van der Waals surface area contributed by atoms with Crippen LogP contribution in [0.4, 0.5) is 0 Å². The first kappa shape index (κ1) is 61.7. The molecule has 0 heterocycles. The molecule has 0 fully saturated rings. The quantitative estimate of drug-likeness (QED) is 0.0406. The third-order valence-electron chi connectivity index (χ3n) is 18.9. The van der Waals surface area contributed by atoms with Crippen molar-refractivity contribution in [3.05, 3.63) is 388 Å². The SMILES string of the molecule is COc1cc([Si](c2ccccc2)(c2ccccc2)c2ccccc2)c(SSc2c([Si](c3ccccc3)(c3ccccc3)c3ccccc3)cc(OC)cc2[Si](c2ccccc2)(c2ccccc2)c2ccccc2)c([Si](c2ccccc2)(c2ccccc2)c2ccccc2)c1. The second-order valence-corrected chi connectivity index (χ2v) is 40.9. The van der Waals surface area contributed by atoms with E-state index in [9.17, 15) is 0 Å². The summed E-state index contributed by atoms with van der Waals surface area (Å²) in [4.78, 5) is 2.45. The van der Waals surface area contributed by atoms with Crippen molar-refractivity contribution in [1.82, 2.24) is 0 Å². The summed E-state index contributed by atoms with van der Waals surface area (Å²) in [6.45, 7) is 0. The Hall–Kier alpha value is -9.75. The first-order chi connectivity index (χ1) is 46.6. The van der Waals surface area contributed by atoms with Crippen molar-refractivity contribution >= 4 is 137 Å². The smallest absolute Gasteiger partial charge is 0.180 e. The Labute approximate surface area is 565 Å². The van der Waals surface area contributed by atoms with Gasteiger partial charge in [-0.15, -0.1) is 0 Å². The molecule has 94 heavy (non-hydrogen) atoms. The molecule has 0 unspecified atom stereocenters. The summed E-state index contributed by atoms with van der Waals surface area (Å²) in [5, 5.41) is 20.4. The topological polar surface area (TPSA) is 18.5 Å². The Morgan fingerprint density at radius 1 is 0.181 bits per heavy atom. The van der Waals surface area contributed by atoms with E-state index >= 15 is 0 Å². The summed E-state index contributed by atoms with van der Waals surface area (Å²) >= 11 is 0. The largest absolute Gasteiger partial charge is 0.497 e. The van der Waals surface area contributed by atoms with Gasteiger partial charge in [0.15, 0.2) is 32.3 Å². The van der Waals surface area contributed by atoms with E-state index in [2.05, 4.69) is 388 Å². The minimum Gasteiger partial charge on any atom is -0.497 e. The summed E-state index contributed by atoms with van der Waals surface area (Å²) < 4.78 is 13.8. The highest BCUT2D eigenvalue weighted by atomic mass is 33.1. The van der Waals surface area contributed by atoms with Gasteiger partial charge in [-0.3, -0.25) is 0 Å². The van der Waals surface area contributed by atoms with Crippen LogP contribution in [0, 0.1) is 0 Å². The van der Waals surface area contributed by atoms with Crippen LogP contribution in [0.2, 0.25) is 0 Å². The normalized spacial score (nSPS) is 11.8. The molecule has 0 spiro atoms. The number of hydrogen-bond acceptors (Lipinski definition) is 4. The summed E-state index contributed by atoms with van der Waals surface area (Å²) in [5.41, 5.74) is 0. The third-order valence-corrected chi connectivity index (χ3v) is 41.4. The van der Waals surface area contributed by atoms with E-state index in [-0.39, 0.29) is 0 Å². The molecule has 0 saturated carbocycles. The average molecular weight is 1310 g/mol. The van der Waals surface area contributed by atoms with E-state index < -0.39 is 32.3 Å². The lowest BCUT2D eigenvalue weighted by Crippen LogP contribution is -2.79. The van der Waals surface area contributed by atoms with E-state index in [0.29, 0.717) is 0 Å². The highest BCUT2D eigenvalue weighted by molar-refractivity contribution is 8.77. The predicted octanol–water partition coefficient (Wildman–Crippen LogP) is 10.0.